The third kappa shape index (κ3) is 2.86. The molecule has 6 aliphatic rings. The minimum atomic E-state index is 0.0170. The van der Waals surface area contributed by atoms with E-state index in [-0.39, 0.29) is 16.2 Å². The number of para-hydroxylation sites is 2. The maximum absolute atomic E-state index is 6.92. The maximum atomic E-state index is 6.92. The Balaban J connectivity index is 1.27. The van der Waals surface area contributed by atoms with Gasteiger partial charge in [0.25, 0.3) is 0 Å². The Labute approximate surface area is 262 Å². The van der Waals surface area contributed by atoms with Gasteiger partial charge in [0.2, 0.25) is 0 Å². The van der Waals surface area contributed by atoms with E-state index < -0.39 is 0 Å². The number of fused-ring (bicyclic) bond motifs is 8. The summed E-state index contributed by atoms with van der Waals surface area (Å²) < 4.78 is 6.92. The molecule has 44 heavy (non-hydrogen) atoms. The molecule has 4 fully saturated rings. The van der Waals surface area contributed by atoms with Crippen LogP contribution >= 0.6 is 0 Å². The largest absolute Gasteiger partial charge is 0.457 e. The predicted molar refractivity (Wildman–Crippen MR) is 179 cm³/mol. The molecular weight excluding hydrogens is 534 g/mol. The van der Waals surface area contributed by atoms with Crippen molar-refractivity contribution in [3.05, 3.63) is 113 Å². The number of benzene rings is 4. The van der Waals surface area contributed by atoms with Crippen molar-refractivity contribution in [2.75, 3.05) is 4.90 Å². The Morgan fingerprint density at radius 2 is 1.27 bits per heavy atom. The molecule has 2 nitrogen and oxygen atoms in total. The van der Waals surface area contributed by atoms with Gasteiger partial charge in [0.1, 0.15) is 11.5 Å². The molecule has 222 valence electrons. The van der Waals surface area contributed by atoms with Crippen LogP contribution in [0.4, 0.5) is 17.1 Å². The average Bonchev–Trinajstić information content (AvgIpc) is 3.55. The first-order valence-corrected chi connectivity index (χ1v) is 17.2. The lowest BCUT2D eigenvalue weighted by Crippen LogP contribution is -2.74. The van der Waals surface area contributed by atoms with Crippen LogP contribution in [0.25, 0.3) is 0 Å². The van der Waals surface area contributed by atoms with Crippen molar-refractivity contribution in [3.8, 4) is 11.5 Å². The van der Waals surface area contributed by atoms with Gasteiger partial charge in [0, 0.05) is 22.2 Å². The summed E-state index contributed by atoms with van der Waals surface area (Å²) in [5.74, 6) is 5.44. The zero-order valence-electron chi connectivity index (χ0n) is 26.6. The van der Waals surface area contributed by atoms with Crippen LogP contribution in [0.2, 0.25) is 0 Å². The van der Waals surface area contributed by atoms with Gasteiger partial charge in [0.05, 0.1) is 11.4 Å². The minimum absolute atomic E-state index is 0.0170. The molecule has 4 aromatic carbocycles. The van der Waals surface area contributed by atoms with E-state index in [0.29, 0.717) is 17.3 Å². The third-order valence-corrected chi connectivity index (χ3v) is 13.8. The third-order valence-electron chi connectivity index (χ3n) is 13.8. The van der Waals surface area contributed by atoms with Crippen LogP contribution in [0.5, 0.6) is 11.5 Å². The fourth-order valence-electron chi connectivity index (χ4n) is 12.2. The van der Waals surface area contributed by atoms with Gasteiger partial charge in [-0.2, -0.15) is 0 Å². The Kier molecular flexibility index (Phi) is 4.80. The van der Waals surface area contributed by atoms with Crippen molar-refractivity contribution < 1.29 is 4.74 Å². The van der Waals surface area contributed by atoms with Gasteiger partial charge in [0.15, 0.2) is 0 Å². The van der Waals surface area contributed by atoms with E-state index >= 15 is 0 Å². The number of ether oxygens (including phenoxy) is 1. The molecule has 2 bridgehead atoms. The standard InChI is InChI=1S/C42H43NO/c1-39(2)20-21-40(3,4)37-30(39)15-10-16-31(37)43(28-12-6-5-7-13-28)32-17-11-19-34-38(32)42(29-14-8-9-18-33(29)44-34)35-23-26-22-27-24-36(42)41(27,35)25-26/h5-19,26-27,35-36H,20-25H2,1-4H3. The van der Waals surface area contributed by atoms with Crippen molar-refractivity contribution in [1.29, 1.82) is 0 Å². The Hall–Kier alpha value is -3.52. The van der Waals surface area contributed by atoms with E-state index in [1.165, 1.54) is 77.8 Å². The summed E-state index contributed by atoms with van der Waals surface area (Å²) in [7, 11) is 0. The first kappa shape index (κ1) is 25.8. The smallest absolute Gasteiger partial charge is 0.133 e. The van der Waals surface area contributed by atoms with Gasteiger partial charge in [-0.3, -0.25) is 0 Å². The predicted octanol–water partition coefficient (Wildman–Crippen LogP) is 11.0. The van der Waals surface area contributed by atoms with E-state index in [1.807, 2.05) is 0 Å². The van der Waals surface area contributed by atoms with Crippen LogP contribution in [0.15, 0.2) is 91.0 Å². The minimum Gasteiger partial charge on any atom is -0.457 e. The molecule has 1 aliphatic heterocycles. The highest BCUT2D eigenvalue weighted by molar-refractivity contribution is 5.86. The number of anilines is 3. The maximum Gasteiger partial charge on any atom is 0.133 e. The molecule has 1 heterocycles. The summed E-state index contributed by atoms with van der Waals surface area (Å²) in [5.41, 5.74) is 10.6. The first-order valence-electron chi connectivity index (χ1n) is 17.2. The van der Waals surface area contributed by atoms with Crippen LogP contribution in [-0.4, -0.2) is 0 Å². The molecular formula is C42H43NO. The SMILES string of the molecule is CC1(C)CCC(C)(C)c2c(N(c3ccccc3)c3cccc4c3C3(c5ccccc5O4)C4CC5CC6CC3C64C5)cccc21. The van der Waals surface area contributed by atoms with Crippen molar-refractivity contribution in [3.63, 3.8) is 0 Å². The Bertz CT molecular complexity index is 1850. The summed E-state index contributed by atoms with van der Waals surface area (Å²) >= 11 is 0. The molecule has 0 saturated heterocycles. The van der Waals surface area contributed by atoms with Gasteiger partial charge in [-0.15, -0.1) is 0 Å². The highest BCUT2D eigenvalue weighted by atomic mass is 16.5. The first-order chi connectivity index (χ1) is 21.3. The second-order valence-corrected chi connectivity index (χ2v) is 16.4. The highest BCUT2D eigenvalue weighted by Gasteiger charge is 2.84. The molecule has 5 aliphatic carbocycles. The second kappa shape index (κ2) is 8.19. The fourth-order valence-corrected chi connectivity index (χ4v) is 12.2. The van der Waals surface area contributed by atoms with Crippen LogP contribution < -0.4 is 9.64 Å². The Morgan fingerprint density at radius 3 is 2.09 bits per heavy atom. The van der Waals surface area contributed by atoms with Gasteiger partial charge in [-0.25, -0.2) is 0 Å². The van der Waals surface area contributed by atoms with Crippen molar-refractivity contribution in [2.45, 2.75) is 82.5 Å². The summed E-state index contributed by atoms with van der Waals surface area (Å²) in [4.78, 5) is 2.63. The number of nitrogens with zero attached hydrogens (tertiary/aromatic N) is 1. The quantitative estimate of drug-likeness (QED) is 0.240. The van der Waals surface area contributed by atoms with Gasteiger partial charge >= 0.3 is 0 Å². The highest BCUT2D eigenvalue weighted by Crippen LogP contribution is 2.89. The van der Waals surface area contributed by atoms with Gasteiger partial charge in [-0.05, 0) is 126 Å². The molecule has 2 spiro atoms. The lowest BCUT2D eigenvalue weighted by atomic mass is 9.26. The summed E-state index contributed by atoms with van der Waals surface area (Å²) in [6.45, 7) is 9.82. The summed E-state index contributed by atoms with van der Waals surface area (Å²) in [5, 5.41) is 0. The van der Waals surface area contributed by atoms with E-state index in [1.54, 1.807) is 0 Å². The van der Waals surface area contributed by atoms with Gasteiger partial charge < -0.3 is 9.64 Å². The molecule has 6 atom stereocenters. The molecule has 0 amide bonds. The molecule has 0 radical (unpaired) electrons. The monoisotopic (exact) mass is 577 g/mol. The van der Waals surface area contributed by atoms with Crippen LogP contribution in [-0.2, 0) is 16.2 Å². The van der Waals surface area contributed by atoms with Crippen LogP contribution in [0.3, 0.4) is 0 Å². The average molecular weight is 578 g/mol. The molecule has 2 heteroatoms. The summed E-state index contributed by atoms with van der Waals surface area (Å²) in [6.07, 6.45) is 8.10. The van der Waals surface area contributed by atoms with E-state index in [4.69, 9.17) is 4.74 Å². The number of hydrogen-bond acceptors (Lipinski definition) is 2. The summed E-state index contributed by atoms with van der Waals surface area (Å²) in [6, 6.07) is 34.3. The van der Waals surface area contributed by atoms with Gasteiger partial charge in [-0.1, -0.05) is 82.3 Å². The van der Waals surface area contributed by atoms with Crippen molar-refractivity contribution in [2.24, 2.45) is 29.1 Å². The molecule has 6 unspecified atom stereocenters. The van der Waals surface area contributed by atoms with Crippen molar-refractivity contribution >= 4 is 17.1 Å². The van der Waals surface area contributed by atoms with Crippen LogP contribution in [0.1, 0.15) is 88.5 Å². The van der Waals surface area contributed by atoms with Crippen molar-refractivity contribution in [1.82, 2.24) is 0 Å². The normalized spacial score (nSPS) is 33.6. The van der Waals surface area contributed by atoms with Crippen LogP contribution in [0, 0.1) is 29.1 Å². The van der Waals surface area contributed by atoms with E-state index in [2.05, 4.69) is 124 Å². The Morgan fingerprint density at radius 1 is 0.614 bits per heavy atom. The lowest BCUT2D eigenvalue weighted by Gasteiger charge is -2.77. The number of hydrogen-bond donors (Lipinski definition) is 0. The zero-order valence-corrected chi connectivity index (χ0v) is 26.6. The van der Waals surface area contributed by atoms with E-state index in [9.17, 15) is 0 Å². The molecule has 0 N–H and O–H groups in total. The van der Waals surface area contributed by atoms with E-state index in [0.717, 1.165) is 23.3 Å². The molecule has 4 aromatic rings. The zero-order chi connectivity index (χ0) is 29.6. The number of rotatable bonds is 3. The lowest BCUT2D eigenvalue weighted by molar-refractivity contribution is -0.234. The molecule has 10 rings (SSSR count). The fraction of sp³-hybridized carbons (Fsp3) is 0.429. The molecule has 0 aromatic heterocycles. The second-order valence-electron chi connectivity index (χ2n) is 16.4. The topological polar surface area (TPSA) is 12.5 Å². The molecule has 4 saturated carbocycles.